The SMILES string of the molecule is Cc1cccc(S(=O)(=O)c2c([N+](=O)[O-])cnc3c(F)cccc23)c1. The molecule has 0 unspecified atom stereocenters. The number of nitro groups is 1. The number of halogens is 1. The molecule has 0 radical (unpaired) electrons. The third kappa shape index (κ3) is 2.50. The van der Waals surface area contributed by atoms with Gasteiger partial charge in [0.2, 0.25) is 9.84 Å². The fourth-order valence-electron chi connectivity index (χ4n) is 2.46. The summed E-state index contributed by atoms with van der Waals surface area (Å²) in [5.74, 6) is -0.747. The Labute approximate surface area is 136 Å². The van der Waals surface area contributed by atoms with Crippen molar-refractivity contribution >= 4 is 26.4 Å². The second kappa shape index (κ2) is 5.64. The summed E-state index contributed by atoms with van der Waals surface area (Å²) in [4.78, 5) is 13.5. The molecule has 0 amide bonds. The van der Waals surface area contributed by atoms with Crippen molar-refractivity contribution in [2.24, 2.45) is 0 Å². The van der Waals surface area contributed by atoms with E-state index in [1.54, 1.807) is 13.0 Å². The predicted octanol–water partition coefficient (Wildman–Crippen LogP) is 3.42. The van der Waals surface area contributed by atoms with Crippen molar-refractivity contribution < 1.29 is 17.7 Å². The molecule has 0 aliphatic carbocycles. The summed E-state index contributed by atoms with van der Waals surface area (Å²) >= 11 is 0. The van der Waals surface area contributed by atoms with E-state index in [9.17, 15) is 22.9 Å². The van der Waals surface area contributed by atoms with Crippen LogP contribution < -0.4 is 0 Å². The number of aromatic nitrogens is 1. The molecule has 2 aromatic carbocycles. The number of sulfone groups is 1. The highest BCUT2D eigenvalue weighted by molar-refractivity contribution is 7.91. The Balaban J connectivity index is 2.45. The van der Waals surface area contributed by atoms with E-state index in [4.69, 9.17) is 0 Å². The van der Waals surface area contributed by atoms with Gasteiger partial charge in [-0.3, -0.25) is 10.1 Å². The lowest BCUT2D eigenvalue weighted by molar-refractivity contribution is -0.387. The second-order valence-corrected chi connectivity index (χ2v) is 7.07. The maximum absolute atomic E-state index is 13.9. The van der Waals surface area contributed by atoms with Crippen molar-refractivity contribution in [3.8, 4) is 0 Å². The first-order valence-electron chi connectivity index (χ1n) is 6.86. The van der Waals surface area contributed by atoms with Gasteiger partial charge >= 0.3 is 5.69 Å². The number of pyridine rings is 1. The number of nitrogens with zero attached hydrogens (tertiary/aromatic N) is 2. The zero-order valence-electron chi connectivity index (χ0n) is 12.4. The van der Waals surface area contributed by atoms with Crippen LogP contribution in [0.2, 0.25) is 0 Å². The highest BCUT2D eigenvalue weighted by Crippen LogP contribution is 2.35. The average molecular weight is 346 g/mol. The second-order valence-electron chi connectivity index (χ2n) is 5.19. The summed E-state index contributed by atoms with van der Waals surface area (Å²) in [5.41, 5.74) is -0.229. The largest absolute Gasteiger partial charge is 0.307 e. The molecule has 122 valence electrons. The summed E-state index contributed by atoms with van der Waals surface area (Å²) in [5, 5.41) is 11.2. The Kier molecular flexibility index (Phi) is 3.76. The van der Waals surface area contributed by atoms with E-state index in [0.29, 0.717) is 5.56 Å². The maximum atomic E-state index is 13.9. The number of rotatable bonds is 3. The standard InChI is InChI=1S/C16H11FN2O4S/c1-10-4-2-5-11(8-10)24(22,23)16-12-6-3-7-13(17)15(12)18-9-14(16)19(20)21/h2-9H,1H3. The summed E-state index contributed by atoms with van der Waals surface area (Å²) in [7, 11) is -4.23. The fourth-order valence-corrected chi connectivity index (χ4v) is 4.16. The molecule has 0 aliphatic rings. The molecule has 1 aromatic heterocycles. The molecule has 3 aromatic rings. The minimum atomic E-state index is -4.23. The van der Waals surface area contributed by atoms with Gasteiger partial charge in [0.1, 0.15) is 17.5 Å². The minimum absolute atomic E-state index is 0.0950. The topological polar surface area (TPSA) is 90.2 Å². The Bertz CT molecular complexity index is 1080. The van der Waals surface area contributed by atoms with Crippen molar-refractivity contribution in [3.63, 3.8) is 0 Å². The Morgan fingerprint density at radius 2 is 1.88 bits per heavy atom. The molecule has 0 spiro atoms. The molecule has 1 heterocycles. The number of hydrogen-bond donors (Lipinski definition) is 0. The molecular formula is C16H11FN2O4S. The third-order valence-corrected chi connectivity index (χ3v) is 5.39. The highest BCUT2D eigenvalue weighted by Gasteiger charge is 2.31. The Morgan fingerprint density at radius 3 is 2.54 bits per heavy atom. The lowest BCUT2D eigenvalue weighted by Crippen LogP contribution is -2.08. The first kappa shape index (κ1) is 16.0. The summed E-state index contributed by atoms with van der Waals surface area (Å²) in [6.07, 6.45) is 0.772. The van der Waals surface area contributed by atoms with E-state index in [1.165, 1.54) is 30.3 Å². The van der Waals surface area contributed by atoms with Crippen LogP contribution in [0.15, 0.2) is 58.5 Å². The molecule has 0 N–H and O–H groups in total. The summed E-state index contributed by atoms with van der Waals surface area (Å²) in [6, 6.07) is 9.71. The van der Waals surface area contributed by atoms with E-state index in [0.717, 1.165) is 12.3 Å². The van der Waals surface area contributed by atoms with Gasteiger partial charge in [-0.2, -0.15) is 0 Å². The highest BCUT2D eigenvalue weighted by atomic mass is 32.2. The first-order valence-corrected chi connectivity index (χ1v) is 8.34. The van der Waals surface area contributed by atoms with Crippen molar-refractivity contribution in [3.05, 3.63) is 70.2 Å². The normalized spacial score (nSPS) is 11.6. The van der Waals surface area contributed by atoms with E-state index in [1.807, 2.05) is 0 Å². The number of benzene rings is 2. The minimum Gasteiger partial charge on any atom is -0.258 e. The number of fused-ring (bicyclic) bond motifs is 1. The van der Waals surface area contributed by atoms with Crippen molar-refractivity contribution in [2.45, 2.75) is 16.7 Å². The van der Waals surface area contributed by atoms with E-state index in [-0.39, 0.29) is 15.8 Å². The lowest BCUT2D eigenvalue weighted by Gasteiger charge is -2.09. The molecule has 6 nitrogen and oxygen atoms in total. The van der Waals surface area contributed by atoms with Crippen LogP contribution in [0.5, 0.6) is 0 Å². The summed E-state index contributed by atoms with van der Waals surface area (Å²) in [6.45, 7) is 1.71. The smallest absolute Gasteiger partial charge is 0.258 e. The van der Waals surface area contributed by atoms with Gasteiger partial charge in [0.15, 0.2) is 4.90 Å². The molecule has 3 rings (SSSR count). The van der Waals surface area contributed by atoms with Crippen LogP contribution in [0.3, 0.4) is 0 Å². The van der Waals surface area contributed by atoms with Crippen LogP contribution in [0.1, 0.15) is 5.56 Å². The number of hydrogen-bond acceptors (Lipinski definition) is 5. The van der Waals surface area contributed by atoms with E-state index >= 15 is 0 Å². The maximum Gasteiger partial charge on any atom is 0.307 e. The first-order chi connectivity index (χ1) is 11.3. The monoisotopic (exact) mass is 346 g/mol. The number of para-hydroxylation sites is 1. The van der Waals surface area contributed by atoms with Gasteiger partial charge in [-0.25, -0.2) is 17.8 Å². The quantitative estimate of drug-likeness (QED) is 0.535. The van der Waals surface area contributed by atoms with Crippen molar-refractivity contribution in [1.29, 1.82) is 0 Å². The molecular weight excluding hydrogens is 335 g/mol. The molecule has 0 saturated carbocycles. The van der Waals surface area contributed by atoms with Gasteiger partial charge in [0, 0.05) is 5.39 Å². The summed E-state index contributed by atoms with van der Waals surface area (Å²) < 4.78 is 39.9. The van der Waals surface area contributed by atoms with Gasteiger partial charge in [-0.05, 0) is 30.7 Å². The molecule has 0 bridgehead atoms. The molecule has 0 atom stereocenters. The molecule has 0 fully saturated rings. The van der Waals surface area contributed by atoms with Crippen LogP contribution >= 0.6 is 0 Å². The van der Waals surface area contributed by atoms with Crippen LogP contribution in [0, 0.1) is 22.9 Å². The molecule has 8 heteroatoms. The zero-order chi connectivity index (χ0) is 17.5. The lowest BCUT2D eigenvalue weighted by atomic mass is 10.2. The van der Waals surface area contributed by atoms with Crippen molar-refractivity contribution in [1.82, 2.24) is 4.98 Å². The molecule has 0 saturated heterocycles. The van der Waals surface area contributed by atoms with Crippen molar-refractivity contribution in [2.75, 3.05) is 0 Å². The van der Waals surface area contributed by atoms with Gasteiger partial charge in [0.25, 0.3) is 0 Å². The molecule has 0 aliphatic heterocycles. The van der Waals surface area contributed by atoms with Gasteiger partial charge < -0.3 is 0 Å². The Morgan fingerprint density at radius 1 is 1.17 bits per heavy atom. The van der Waals surface area contributed by atoms with Crippen LogP contribution in [-0.4, -0.2) is 18.3 Å². The van der Waals surface area contributed by atoms with Crippen LogP contribution in [0.25, 0.3) is 10.9 Å². The predicted molar refractivity (Wildman–Crippen MR) is 85.0 cm³/mol. The van der Waals surface area contributed by atoms with Gasteiger partial charge in [0.05, 0.1) is 9.82 Å². The van der Waals surface area contributed by atoms with E-state index < -0.39 is 31.2 Å². The Hall–Kier alpha value is -2.87. The molecule has 24 heavy (non-hydrogen) atoms. The average Bonchev–Trinajstić information content (AvgIpc) is 2.54. The van der Waals surface area contributed by atoms with Gasteiger partial charge in [-0.1, -0.05) is 24.3 Å². The van der Waals surface area contributed by atoms with Crippen LogP contribution in [-0.2, 0) is 9.84 Å². The van der Waals surface area contributed by atoms with Gasteiger partial charge in [-0.15, -0.1) is 0 Å². The number of aryl methyl sites for hydroxylation is 1. The zero-order valence-corrected chi connectivity index (χ0v) is 13.2. The van der Waals surface area contributed by atoms with Crippen LogP contribution in [0.4, 0.5) is 10.1 Å². The van der Waals surface area contributed by atoms with E-state index in [2.05, 4.69) is 4.98 Å². The third-order valence-electron chi connectivity index (χ3n) is 3.55. The fraction of sp³-hybridized carbons (Fsp3) is 0.0625.